The summed E-state index contributed by atoms with van der Waals surface area (Å²) in [5, 5.41) is 0. The molecule has 4 aromatic rings. The normalized spacial score (nSPS) is 15.5. The first-order valence-corrected chi connectivity index (χ1v) is 12.8. The van der Waals surface area contributed by atoms with Crippen molar-refractivity contribution in [3.8, 4) is 0 Å². The molecule has 1 fully saturated rings. The number of fused-ring (bicyclic) bond motifs is 1. The summed E-state index contributed by atoms with van der Waals surface area (Å²) in [6, 6.07) is 21.8. The van der Waals surface area contributed by atoms with Gasteiger partial charge in [0.05, 0.1) is 11.0 Å². The predicted octanol–water partition coefficient (Wildman–Crippen LogP) is 4.42. The van der Waals surface area contributed by atoms with Crippen molar-refractivity contribution in [2.45, 2.75) is 18.8 Å². The Labute approximate surface area is 212 Å². The van der Waals surface area contributed by atoms with E-state index in [1.54, 1.807) is 6.20 Å². The number of imidazole rings is 1. The second-order valence-corrected chi connectivity index (χ2v) is 9.58. The Bertz CT molecular complexity index is 1230. The van der Waals surface area contributed by atoms with Crippen molar-refractivity contribution in [3.63, 3.8) is 0 Å². The Hall–Kier alpha value is -3.71. The van der Waals surface area contributed by atoms with Crippen LogP contribution < -0.4 is 4.90 Å². The van der Waals surface area contributed by atoms with Crippen molar-refractivity contribution in [1.82, 2.24) is 24.8 Å². The zero-order valence-electron chi connectivity index (χ0n) is 20.9. The van der Waals surface area contributed by atoms with Gasteiger partial charge in [0.2, 0.25) is 5.95 Å². The molecule has 0 radical (unpaired) electrons. The fourth-order valence-corrected chi connectivity index (χ4v) is 5.03. The van der Waals surface area contributed by atoms with Gasteiger partial charge < -0.3 is 19.7 Å². The number of carbonyl (C=O) groups is 1. The van der Waals surface area contributed by atoms with Crippen molar-refractivity contribution in [1.29, 1.82) is 0 Å². The van der Waals surface area contributed by atoms with E-state index in [1.807, 2.05) is 66.7 Å². The standard InChI is InChI=1S/C29H34N6O/c1-33(28(36)23-9-3-2-4-10-23)22-25(24-11-7-15-30-21-24)14-18-34-16-8-17-35(20-19-34)29-31-26-12-5-6-13-27(26)32-29/h2-7,9-13,15,21,25H,8,14,16-20,22H2,1H3,(H,31,32). The lowest BCUT2D eigenvalue weighted by Crippen LogP contribution is -2.35. The number of nitrogens with zero attached hydrogens (tertiary/aromatic N) is 5. The second-order valence-electron chi connectivity index (χ2n) is 9.58. The zero-order valence-corrected chi connectivity index (χ0v) is 20.9. The van der Waals surface area contributed by atoms with Crippen molar-refractivity contribution >= 4 is 22.9 Å². The van der Waals surface area contributed by atoms with Gasteiger partial charge in [-0.15, -0.1) is 0 Å². The molecule has 0 bridgehead atoms. The number of hydrogen-bond donors (Lipinski definition) is 1. The lowest BCUT2D eigenvalue weighted by molar-refractivity contribution is 0.0782. The lowest BCUT2D eigenvalue weighted by atomic mass is 9.96. The SMILES string of the molecule is CN(CC(CCN1CCCN(c2nc3ccccc3[nH]2)CC1)c1cccnc1)C(=O)c1ccccc1. The van der Waals surface area contributed by atoms with E-state index in [1.165, 1.54) is 5.56 Å². The quantitative estimate of drug-likeness (QED) is 0.403. The van der Waals surface area contributed by atoms with Crippen LogP contribution in [0.25, 0.3) is 11.0 Å². The number of aromatic amines is 1. The fourth-order valence-electron chi connectivity index (χ4n) is 5.03. The topological polar surface area (TPSA) is 68.4 Å². The Kier molecular flexibility index (Phi) is 7.57. The van der Waals surface area contributed by atoms with Gasteiger partial charge in [-0.3, -0.25) is 9.78 Å². The predicted molar refractivity (Wildman–Crippen MR) is 144 cm³/mol. The molecule has 1 unspecified atom stereocenters. The molecule has 0 saturated carbocycles. The molecule has 5 rings (SSSR count). The highest BCUT2D eigenvalue weighted by atomic mass is 16.2. The minimum atomic E-state index is 0.0562. The van der Waals surface area contributed by atoms with Crippen molar-refractivity contribution < 1.29 is 4.79 Å². The summed E-state index contributed by atoms with van der Waals surface area (Å²) in [7, 11) is 1.90. The number of carbonyl (C=O) groups excluding carboxylic acids is 1. The molecule has 0 aliphatic carbocycles. The summed E-state index contributed by atoms with van der Waals surface area (Å²) >= 11 is 0. The highest BCUT2D eigenvalue weighted by Crippen LogP contribution is 2.23. The van der Waals surface area contributed by atoms with Crippen LogP contribution in [0.4, 0.5) is 5.95 Å². The first kappa shape index (κ1) is 24.0. The van der Waals surface area contributed by atoms with Gasteiger partial charge in [0, 0.05) is 57.1 Å². The number of para-hydroxylation sites is 2. The number of pyridine rings is 1. The monoisotopic (exact) mass is 482 g/mol. The molecule has 1 atom stereocenters. The first-order valence-electron chi connectivity index (χ1n) is 12.8. The number of anilines is 1. The van der Waals surface area contributed by atoms with Crippen LogP contribution in [0, 0.1) is 0 Å². The maximum absolute atomic E-state index is 13.0. The van der Waals surface area contributed by atoms with Crippen molar-refractivity contribution in [3.05, 3.63) is 90.3 Å². The Morgan fingerprint density at radius 1 is 1.00 bits per heavy atom. The van der Waals surface area contributed by atoms with Gasteiger partial charge in [-0.05, 0) is 61.8 Å². The summed E-state index contributed by atoms with van der Waals surface area (Å²) in [5.41, 5.74) is 4.01. The number of H-pyrrole nitrogens is 1. The molecule has 3 heterocycles. The molecule has 1 amide bonds. The van der Waals surface area contributed by atoms with Gasteiger partial charge in [-0.1, -0.05) is 36.4 Å². The molecule has 186 valence electrons. The van der Waals surface area contributed by atoms with E-state index in [2.05, 4.69) is 38.0 Å². The van der Waals surface area contributed by atoms with Crippen LogP contribution in [0.1, 0.15) is 34.7 Å². The van der Waals surface area contributed by atoms with Crippen LogP contribution in [-0.2, 0) is 0 Å². The maximum atomic E-state index is 13.0. The van der Waals surface area contributed by atoms with Gasteiger partial charge in [-0.25, -0.2) is 4.98 Å². The van der Waals surface area contributed by atoms with Crippen LogP contribution in [0.2, 0.25) is 0 Å². The van der Waals surface area contributed by atoms with E-state index < -0.39 is 0 Å². The minimum Gasteiger partial charge on any atom is -0.341 e. The Morgan fingerprint density at radius 3 is 2.64 bits per heavy atom. The molecule has 1 N–H and O–H groups in total. The van der Waals surface area contributed by atoms with E-state index in [-0.39, 0.29) is 11.8 Å². The summed E-state index contributed by atoms with van der Waals surface area (Å²) in [5.74, 6) is 1.25. The van der Waals surface area contributed by atoms with E-state index in [0.717, 1.165) is 68.1 Å². The summed E-state index contributed by atoms with van der Waals surface area (Å²) in [6.45, 7) is 5.66. The van der Waals surface area contributed by atoms with Crippen LogP contribution in [0.3, 0.4) is 0 Å². The third kappa shape index (κ3) is 5.74. The van der Waals surface area contributed by atoms with Crippen LogP contribution in [0.5, 0.6) is 0 Å². The average molecular weight is 483 g/mol. The molecule has 7 heteroatoms. The molecule has 2 aromatic heterocycles. The van der Waals surface area contributed by atoms with E-state index in [0.29, 0.717) is 6.54 Å². The van der Waals surface area contributed by atoms with E-state index in [4.69, 9.17) is 4.98 Å². The number of rotatable bonds is 8. The lowest BCUT2D eigenvalue weighted by Gasteiger charge is -2.27. The molecule has 36 heavy (non-hydrogen) atoms. The van der Waals surface area contributed by atoms with Gasteiger partial charge in [0.15, 0.2) is 0 Å². The third-order valence-corrected chi connectivity index (χ3v) is 7.08. The molecular weight excluding hydrogens is 448 g/mol. The number of amides is 1. The summed E-state index contributed by atoms with van der Waals surface area (Å²) in [6.07, 6.45) is 5.82. The highest BCUT2D eigenvalue weighted by Gasteiger charge is 2.22. The molecule has 1 aliphatic rings. The van der Waals surface area contributed by atoms with Gasteiger partial charge >= 0.3 is 0 Å². The van der Waals surface area contributed by atoms with Crippen LogP contribution in [-0.4, -0.2) is 77.0 Å². The number of aromatic nitrogens is 3. The van der Waals surface area contributed by atoms with Crippen LogP contribution in [0.15, 0.2) is 79.1 Å². The number of likely N-dealkylation sites (N-methyl/N-ethyl adjacent to an activating group) is 1. The Balaban J connectivity index is 1.21. The molecular formula is C29H34N6O. The molecule has 1 saturated heterocycles. The molecule has 2 aromatic carbocycles. The van der Waals surface area contributed by atoms with Crippen LogP contribution >= 0.6 is 0 Å². The van der Waals surface area contributed by atoms with E-state index in [9.17, 15) is 4.79 Å². The molecule has 0 spiro atoms. The largest absolute Gasteiger partial charge is 0.341 e. The van der Waals surface area contributed by atoms with Crippen molar-refractivity contribution in [2.24, 2.45) is 0 Å². The second kappa shape index (κ2) is 11.4. The fraction of sp³-hybridized carbons (Fsp3) is 0.345. The maximum Gasteiger partial charge on any atom is 0.253 e. The van der Waals surface area contributed by atoms with Gasteiger partial charge in [0.1, 0.15) is 0 Å². The number of hydrogen-bond acceptors (Lipinski definition) is 5. The van der Waals surface area contributed by atoms with Gasteiger partial charge in [0.25, 0.3) is 5.91 Å². The minimum absolute atomic E-state index is 0.0562. The molecule has 7 nitrogen and oxygen atoms in total. The van der Waals surface area contributed by atoms with Gasteiger partial charge in [-0.2, -0.15) is 0 Å². The number of nitrogens with one attached hydrogen (secondary N) is 1. The van der Waals surface area contributed by atoms with E-state index >= 15 is 0 Å². The highest BCUT2D eigenvalue weighted by molar-refractivity contribution is 5.94. The first-order chi connectivity index (χ1) is 17.7. The molecule has 1 aliphatic heterocycles. The summed E-state index contributed by atoms with van der Waals surface area (Å²) < 4.78 is 0. The summed E-state index contributed by atoms with van der Waals surface area (Å²) in [4.78, 5) is 32.4. The average Bonchev–Trinajstić information content (AvgIpc) is 3.22. The third-order valence-electron chi connectivity index (χ3n) is 7.08. The number of benzene rings is 2. The van der Waals surface area contributed by atoms with Crippen molar-refractivity contribution in [2.75, 3.05) is 51.2 Å². The smallest absolute Gasteiger partial charge is 0.253 e. The zero-order chi connectivity index (χ0) is 24.7. The Morgan fingerprint density at radius 2 is 1.83 bits per heavy atom.